The highest BCUT2D eigenvalue weighted by atomic mass is 32.2. The Bertz CT molecular complexity index is 4880. The summed E-state index contributed by atoms with van der Waals surface area (Å²) >= 11 is 4.42. The number of nitrogens with zero attached hydrogens (tertiary/aromatic N) is 7. The zero-order valence-corrected chi connectivity index (χ0v) is 67.1. The number of amides is 11. The van der Waals surface area contributed by atoms with Crippen molar-refractivity contribution >= 4 is 145 Å². The molecule has 1 aliphatic carbocycles. The molecule has 0 aromatic carbocycles. The van der Waals surface area contributed by atoms with Crippen molar-refractivity contribution in [2.45, 2.75) is 185 Å². The topological polar surface area (TPSA) is 563 Å². The van der Waals surface area contributed by atoms with Crippen LogP contribution in [0.5, 0.6) is 0 Å². The van der Waals surface area contributed by atoms with Crippen molar-refractivity contribution in [2.24, 2.45) is 21.6 Å². The van der Waals surface area contributed by atoms with E-state index >= 15 is 14.4 Å². The summed E-state index contributed by atoms with van der Waals surface area (Å²) in [5.41, 5.74) is -1.79. The van der Waals surface area contributed by atoms with Crippen molar-refractivity contribution in [2.75, 3.05) is 5.75 Å². The Kier molecular flexibility index (Phi) is 26.7. The molecule has 9 heterocycles. The Labute approximate surface area is 671 Å². The quantitative estimate of drug-likeness (QED) is 0.0606. The molecule has 4 aliphatic heterocycles. The molecular formula is C72H85N19O18S5. The summed E-state index contributed by atoms with van der Waals surface area (Å²) in [7, 11) is 0. The van der Waals surface area contributed by atoms with Gasteiger partial charge in [0.1, 0.15) is 113 Å². The van der Waals surface area contributed by atoms with Gasteiger partial charge in [0.2, 0.25) is 29.5 Å². The van der Waals surface area contributed by atoms with E-state index in [0.717, 1.165) is 57.1 Å². The number of fused-ring (bicyclic) bond motifs is 7. The van der Waals surface area contributed by atoms with Gasteiger partial charge in [0.15, 0.2) is 0 Å². The molecule has 13 bridgehead atoms. The maximum absolute atomic E-state index is 15.4. The standard InChI is InChI=1S/C72H85N19O18S5/c1-14-26(3)47-63(105)78-30(7)57(99)75-28(5)56(98)76-31(8)58(100)91-72-19-18-40(66-85-43(22-111-66)59(101)77-29(6)55(97)74-27(4)54(73)96)81-52(72)42-21-112-67(83-42)49(34(11)109-69(107)41-20-37(32(9)92)36-16-17-39(79-47)51(95)50(36)80-41)89-60(102)44-24-113-68(86-44)53(71(13,108)35(12)94)90-62(104)45-23-110-65(84-45)38(15-2)82-64(106)48(33(10)93)88-61(103)46-25-114-70(72)87-46/h15-17,20-22,24-26,30-35,39,45,47-49,51-53,79,92-95,108H,4-6,14,18-19,23H2,1-3,7-13H3,(H2,73,96)(H,74,97)(H,75,99)(H,76,98)(H,77,101)(H,78,105)(H,82,106)(H,88,103)(H,89,102)(H,90,104)(H,91,100)/b38-15-/t26-,30-,31-,32?,33+,34?,35+,39+,45+,47?,48?,49-,51-,52+,53+,71+,72?/m0/s1. The molecule has 0 saturated heterocycles. The van der Waals surface area contributed by atoms with E-state index in [-0.39, 0.29) is 94.7 Å². The van der Waals surface area contributed by atoms with Gasteiger partial charge in [-0.15, -0.1) is 57.1 Å². The second-order valence-electron chi connectivity index (χ2n) is 27.8. The number of carbonyl (C=O) groups is 12. The lowest BCUT2D eigenvalue weighted by Gasteiger charge is -2.41. The molecule has 606 valence electrons. The molecule has 42 heteroatoms. The summed E-state index contributed by atoms with van der Waals surface area (Å²) in [5, 5.41) is 92.2. The SMILES string of the molecule is C=C(NC(=O)C(=C)NC(=O)c1csc(C2=N[C@@H]3c4csc(n4)[C@H]4NC(=O)c5csc(n5)[C@H]([C@](C)(O)[C@@H](C)O)NC(=O)[C@H]5CSC(=N5)/C(=C/C)NC(=O)C([C@@H](C)O)NC(=O)c5csc(n5)C3(CC2)NC(=O)[C@H](C)NC(=O)C(=C)NC(=O)[C@H](C)NC(=O)C([C@@H](C)CC)N[C@@H]2C=Cc3c(C(C)O)cc(nc3[C@H]2O)C(=O)OC4C)n1)C(N)=O. The molecule has 0 spiro atoms. The Morgan fingerprint density at radius 2 is 1.45 bits per heavy atom. The van der Waals surface area contributed by atoms with Crippen molar-refractivity contribution in [3.8, 4) is 0 Å². The number of aliphatic imine (C=N–C) groups is 2. The summed E-state index contributed by atoms with van der Waals surface area (Å²) < 4.78 is 6.26. The van der Waals surface area contributed by atoms with Crippen LogP contribution in [-0.2, 0) is 48.6 Å². The van der Waals surface area contributed by atoms with Gasteiger partial charge >= 0.3 is 5.97 Å². The van der Waals surface area contributed by atoms with Crippen LogP contribution in [0.2, 0.25) is 0 Å². The highest BCUT2D eigenvalue weighted by Gasteiger charge is 2.51. The molecule has 5 unspecified atom stereocenters. The van der Waals surface area contributed by atoms with Gasteiger partial charge < -0.3 is 89.2 Å². The summed E-state index contributed by atoms with van der Waals surface area (Å²) in [6, 6.07) is -11.6. The van der Waals surface area contributed by atoms with E-state index in [1.807, 2.05) is 0 Å². The maximum atomic E-state index is 15.4. The van der Waals surface area contributed by atoms with Crippen LogP contribution in [0.3, 0.4) is 0 Å². The lowest BCUT2D eigenvalue weighted by atomic mass is 9.80. The first kappa shape index (κ1) is 85.9. The average molecular weight is 1660 g/mol. The number of primary amides is 1. The molecule has 37 nitrogen and oxygen atoms in total. The number of cyclic esters (lactones) is 1. The lowest BCUT2D eigenvalue weighted by Crippen LogP contribution is -2.57. The first-order chi connectivity index (χ1) is 53.7. The van der Waals surface area contributed by atoms with Crippen molar-refractivity contribution in [1.82, 2.24) is 83.4 Å². The number of ether oxygens (including phenoxy) is 1. The van der Waals surface area contributed by atoms with Gasteiger partial charge in [-0.1, -0.05) is 58.2 Å². The fourth-order valence-corrected chi connectivity index (χ4v) is 17.2. The fraction of sp³-hybridized carbons (Fsp3) is 0.431. The van der Waals surface area contributed by atoms with E-state index in [4.69, 9.17) is 25.4 Å². The number of pyridine rings is 1. The molecular weight excluding hydrogens is 1580 g/mol. The van der Waals surface area contributed by atoms with Crippen LogP contribution in [-0.4, -0.2) is 198 Å². The first-order valence-corrected chi connectivity index (χ1v) is 40.1. The summed E-state index contributed by atoms with van der Waals surface area (Å²) in [6.07, 6.45) is -3.18. The number of nitrogens with two attached hydrogens (primary N) is 1. The van der Waals surface area contributed by atoms with Gasteiger partial charge in [-0.05, 0) is 85.8 Å². The van der Waals surface area contributed by atoms with E-state index in [0.29, 0.717) is 6.42 Å². The normalized spacial score (nSPS) is 26.9. The molecule has 5 aromatic heterocycles. The molecule has 11 amide bonds. The minimum Gasteiger partial charge on any atom is -0.455 e. The van der Waals surface area contributed by atoms with Crippen molar-refractivity contribution in [3.63, 3.8) is 0 Å². The van der Waals surface area contributed by atoms with Gasteiger partial charge in [0.05, 0.1) is 70.3 Å². The van der Waals surface area contributed by atoms with Crippen molar-refractivity contribution in [1.29, 1.82) is 0 Å². The molecule has 17 atom stereocenters. The lowest BCUT2D eigenvalue weighted by molar-refractivity contribution is -0.131. The van der Waals surface area contributed by atoms with Crippen LogP contribution in [0.1, 0.15) is 203 Å². The number of aliphatic hydroxyl groups excluding tert-OH is 4. The number of esters is 1. The molecule has 5 aliphatic rings. The number of thiazole rings is 4. The predicted molar refractivity (Wildman–Crippen MR) is 418 cm³/mol. The third-order valence-electron chi connectivity index (χ3n) is 19.5. The Balaban J connectivity index is 1.18. The molecule has 10 rings (SSSR count). The maximum Gasteiger partial charge on any atom is 0.357 e. The summed E-state index contributed by atoms with van der Waals surface area (Å²) in [4.78, 5) is 204. The average Bonchev–Trinajstić information content (AvgIpc) is 1.50. The predicted octanol–water partition coefficient (Wildman–Crippen LogP) is 0.774. The number of hydrogen-bond acceptors (Lipinski definition) is 31. The number of nitrogens with one attached hydrogen (secondary N) is 11. The molecule has 18 N–H and O–H groups in total. The molecule has 5 aromatic rings. The van der Waals surface area contributed by atoms with Crippen LogP contribution < -0.4 is 64.2 Å². The van der Waals surface area contributed by atoms with Crippen LogP contribution in [0.15, 0.2) is 92.2 Å². The number of hydrogen-bond donors (Lipinski definition) is 17. The highest BCUT2D eigenvalue weighted by Crippen LogP contribution is 2.48. The minimum atomic E-state index is -2.21. The second-order valence-corrected chi connectivity index (χ2v) is 32.3. The summed E-state index contributed by atoms with van der Waals surface area (Å²) in [5.74, 6) is -12.2. The number of thioether (sulfide) groups is 1. The van der Waals surface area contributed by atoms with Gasteiger partial charge in [0, 0.05) is 32.8 Å². The third-order valence-corrected chi connectivity index (χ3v) is 24.3. The number of carbonyl (C=O) groups excluding carboxylic acids is 12. The molecule has 0 fully saturated rings. The van der Waals surface area contributed by atoms with E-state index in [9.17, 15) is 68.7 Å². The Hall–Kier alpha value is -10.5. The number of allylic oxidation sites excluding steroid dienone is 1. The van der Waals surface area contributed by atoms with Gasteiger partial charge in [-0.3, -0.25) is 68.0 Å². The first-order valence-electron chi connectivity index (χ1n) is 35.6. The number of rotatable bonds is 12. The zero-order valence-electron chi connectivity index (χ0n) is 63.0. The summed E-state index contributed by atoms with van der Waals surface area (Å²) in [6.45, 7) is 24.9. The minimum absolute atomic E-state index is 0.0158. The van der Waals surface area contributed by atoms with Crippen LogP contribution in [0.4, 0.5) is 0 Å². The monoisotopic (exact) mass is 1660 g/mol. The Morgan fingerprint density at radius 1 is 0.763 bits per heavy atom. The highest BCUT2D eigenvalue weighted by molar-refractivity contribution is 8.14. The number of aliphatic hydroxyl groups is 5. The van der Waals surface area contributed by atoms with Crippen LogP contribution in [0.25, 0.3) is 6.08 Å². The van der Waals surface area contributed by atoms with E-state index in [1.54, 1.807) is 26.8 Å². The van der Waals surface area contributed by atoms with Gasteiger partial charge in [-0.2, -0.15) is 0 Å². The van der Waals surface area contributed by atoms with Crippen molar-refractivity contribution in [3.05, 3.63) is 148 Å². The van der Waals surface area contributed by atoms with Gasteiger partial charge in [-0.25, -0.2) is 29.7 Å². The molecule has 0 saturated carbocycles. The largest absolute Gasteiger partial charge is 0.455 e. The van der Waals surface area contributed by atoms with E-state index < -0.39 is 196 Å². The number of aromatic nitrogens is 5. The second kappa shape index (κ2) is 35.5. The third kappa shape index (κ3) is 18.6. The molecule has 114 heavy (non-hydrogen) atoms. The van der Waals surface area contributed by atoms with Gasteiger partial charge in [0.25, 0.3) is 35.4 Å². The zero-order chi connectivity index (χ0) is 83.4. The van der Waals surface area contributed by atoms with E-state index in [2.05, 4.69) is 98.2 Å². The van der Waals surface area contributed by atoms with Crippen LogP contribution >= 0.6 is 57.1 Å². The van der Waals surface area contributed by atoms with Crippen LogP contribution in [0, 0.1) is 5.92 Å². The smallest absolute Gasteiger partial charge is 0.357 e. The fourth-order valence-electron chi connectivity index (χ4n) is 12.3. The molecule has 0 radical (unpaired) electrons. The van der Waals surface area contributed by atoms with Crippen molar-refractivity contribution < 1.29 is 87.8 Å². The Morgan fingerprint density at radius 3 is 2.12 bits per heavy atom. The van der Waals surface area contributed by atoms with E-state index in [1.165, 1.54) is 88.2 Å².